The molecule has 0 aliphatic heterocycles. The molecule has 1 aromatic carbocycles. The normalized spacial score (nSPS) is 18.2. The van der Waals surface area contributed by atoms with Gasteiger partial charge in [0.15, 0.2) is 6.04 Å². The predicted octanol–water partition coefficient (Wildman–Crippen LogP) is 3.87. The monoisotopic (exact) mass is 270 g/mol. The quantitative estimate of drug-likeness (QED) is 0.362. The third-order valence-electron chi connectivity index (χ3n) is 4.05. The van der Waals surface area contributed by atoms with E-state index in [1.54, 1.807) is 0 Å². The fourth-order valence-corrected chi connectivity index (χ4v) is 2.91. The highest BCUT2D eigenvalue weighted by molar-refractivity contribution is 6.02. The van der Waals surface area contributed by atoms with Gasteiger partial charge in [0.2, 0.25) is 5.71 Å². The Kier molecular flexibility index (Phi) is 4.44. The van der Waals surface area contributed by atoms with Crippen LogP contribution >= 0.6 is 0 Å². The Morgan fingerprint density at radius 3 is 2.35 bits per heavy atom. The average molecular weight is 270 g/mol. The van der Waals surface area contributed by atoms with E-state index in [1.807, 2.05) is 44.2 Å². The van der Waals surface area contributed by atoms with Gasteiger partial charge in [-0.25, -0.2) is 4.74 Å². The summed E-state index contributed by atoms with van der Waals surface area (Å²) in [6, 6.07) is 11.9. The molecule has 0 spiro atoms. The van der Waals surface area contributed by atoms with Gasteiger partial charge in [-0.1, -0.05) is 24.6 Å². The summed E-state index contributed by atoms with van der Waals surface area (Å²) in [5, 5.41) is 22.3. The summed E-state index contributed by atoms with van der Waals surface area (Å²) in [6.07, 6.45) is 5.30. The Balaban J connectivity index is 2.48. The molecule has 1 aromatic rings. The molecule has 20 heavy (non-hydrogen) atoms. The minimum Gasteiger partial charge on any atom is -0.623 e. The molecule has 106 valence electrons. The maximum Gasteiger partial charge on any atom is 0.214 e. The Bertz CT molecular complexity index is 520. The minimum absolute atomic E-state index is 0.0200. The zero-order valence-corrected chi connectivity index (χ0v) is 12.3. The number of hydrogen-bond donors (Lipinski definition) is 0. The lowest BCUT2D eigenvalue weighted by Gasteiger charge is -2.27. The van der Waals surface area contributed by atoms with E-state index < -0.39 is 5.41 Å². The van der Waals surface area contributed by atoms with E-state index in [-0.39, 0.29) is 6.04 Å². The maximum atomic E-state index is 12.8. The highest BCUT2D eigenvalue weighted by Gasteiger charge is 2.36. The SMILES string of the molecule is CC(C)(C#N)C(c1ccccc1)=[N+]([O-])C1CCCCC1. The van der Waals surface area contributed by atoms with Crippen molar-refractivity contribution in [3.8, 4) is 6.07 Å². The summed E-state index contributed by atoms with van der Waals surface area (Å²) in [4.78, 5) is 0. The third-order valence-corrected chi connectivity index (χ3v) is 4.05. The van der Waals surface area contributed by atoms with Crippen molar-refractivity contribution in [3.63, 3.8) is 0 Å². The summed E-state index contributed by atoms with van der Waals surface area (Å²) >= 11 is 0. The van der Waals surface area contributed by atoms with Crippen LogP contribution in [0.4, 0.5) is 0 Å². The lowest BCUT2D eigenvalue weighted by atomic mass is 9.84. The van der Waals surface area contributed by atoms with E-state index in [0.717, 1.165) is 36.0 Å². The van der Waals surface area contributed by atoms with Crippen molar-refractivity contribution >= 4 is 5.71 Å². The first-order chi connectivity index (χ1) is 9.56. The number of nitriles is 1. The van der Waals surface area contributed by atoms with Gasteiger partial charge in [0.25, 0.3) is 0 Å². The fourth-order valence-electron chi connectivity index (χ4n) is 2.91. The number of hydrogen-bond acceptors (Lipinski definition) is 2. The fraction of sp³-hybridized carbons (Fsp3) is 0.529. The third kappa shape index (κ3) is 3.01. The van der Waals surface area contributed by atoms with Crippen LogP contribution in [0.25, 0.3) is 0 Å². The standard InChI is InChI=1S/C17H22N2O/c1-17(2,13-18)16(14-9-5-3-6-10-14)19(20)15-11-7-4-8-12-15/h3,5-6,9-10,15H,4,7-8,11-12H2,1-2H3. The molecule has 0 N–H and O–H groups in total. The van der Waals surface area contributed by atoms with E-state index >= 15 is 0 Å². The molecule has 2 rings (SSSR count). The Labute approximate surface area is 121 Å². The Hall–Kier alpha value is -1.82. The van der Waals surface area contributed by atoms with Crippen LogP contribution in [0.15, 0.2) is 30.3 Å². The van der Waals surface area contributed by atoms with Crippen molar-refractivity contribution in [3.05, 3.63) is 41.1 Å². The van der Waals surface area contributed by atoms with Gasteiger partial charge in [0.05, 0.1) is 6.07 Å². The molecule has 0 amide bonds. The Morgan fingerprint density at radius 2 is 1.80 bits per heavy atom. The van der Waals surface area contributed by atoms with Crippen molar-refractivity contribution in [1.29, 1.82) is 5.26 Å². The molecular formula is C17H22N2O. The molecule has 0 unspecified atom stereocenters. The second-order valence-electron chi connectivity index (χ2n) is 6.07. The van der Waals surface area contributed by atoms with Crippen LogP contribution in [-0.2, 0) is 0 Å². The highest BCUT2D eigenvalue weighted by atomic mass is 16.5. The first-order valence-corrected chi connectivity index (χ1v) is 7.37. The summed E-state index contributed by atoms with van der Waals surface area (Å²) in [5.74, 6) is 0. The van der Waals surface area contributed by atoms with Crippen LogP contribution in [0.2, 0.25) is 0 Å². The van der Waals surface area contributed by atoms with Crippen molar-refractivity contribution in [2.45, 2.75) is 52.0 Å². The first-order valence-electron chi connectivity index (χ1n) is 7.37. The predicted molar refractivity (Wildman–Crippen MR) is 80.4 cm³/mol. The van der Waals surface area contributed by atoms with E-state index in [4.69, 9.17) is 0 Å². The second kappa shape index (κ2) is 6.09. The van der Waals surface area contributed by atoms with Gasteiger partial charge in [0, 0.05) is 18.4 Å². The molecule has 1 fully saturated rings. The van der Waals surface area contributed by atoms with Gasteiger partial charge in [-0.2, -0.15) is 5.26 Å². The van der Waals surface area contributed by atoms with Crippen molar-refractivity contribution in [2.75, 3.05) is 0 Å². The van der Waals surface area contributed by atoms with E-state index in [9.17, 15) is 10.5 Å². The molecule has 1 aliphatic rings. The van der Waals surface area contributed by atoms with Crippen LogP contribution in [0.5, 0.6) is 0 Å². The van der Waals surface area contributed by atoms with Crippen LogP contribution in [0.3, 0.4) is 0 Å². The van der Waals surface area contributed by atoms with Crippen molar-refractivity contribution in [2.24, 2.45) is 5.41 Å². The smallest absolute Gasteiger partial charge is 0.214 e. The van der Waals surface area contributed by atoms with E-state index in [2.05, 4.69) is 6.07 Å². The second-order valence-corrected chi connectivity index (χ2v) is 6.07. The molecule has 0 atom stereocenters. The number of benzene rings is 1. The van der Waals surface area contributed by atoms with Crippen LogP contribution in [0.1, 0.15) is 51.5 Å². The molecule has 3 nitrogen and oxygen atoms in total. The molecule has 3 heteroatoms. The topological polar surface area (TPSA) is 49.9 Å². The lowest BCUT2D eigenvalue weighted by molar-refractivity contribution is -0.508. The van der Waals surface area contributed by atoms with Crippen molar-refractivity contribution in [1.82, 2.24) is 0 Å². The highest BCUT2D eigenvalue weighted by Crippen LogP contribution is 2.26. The molecule has 1 aliphatic carbocycles. The summed E-state index contributed by atoms with van der Waals surface area (Å²) in [7, 11) is 0. The number of nitrogens with zero attached hydrogens (tertiary/aromatic N) is 2. The summed E-state index contributed by atoms with van der Waals surface area (Å²) < 4.78 is 1.12. The zero-order valence-electron chi connectivity index (χ0n) is 12.3. The van der Waals surface area contributed by atoms with Crippen molar-refractivity contribution < 1.29 is 4.74 Å². The zero-order chi connectivity index (χ0) is 14.6. The van der Waals surface area contributed by atoms with E-state index in [0.29, 0.717) is 5.71 Å². The van der Waals surface area contributed by atoms with E-state index in [1.165, 1.54) is 6.42 Å². The molecule has 0 radical (unpaired) electrons. The van der Waals surface area contributed by atoms with Gasteiger partial charge >= 0.3 is 0 Å². The molecule has 0 aromatic heterocycles. The van der Waals surface area contributed by atoms with Gasteiger partial charge in [-0.3, -0.25) is 0 Å². The largest absolute Gasteiger partial charge is 0.623 e. The van der Waals surface area contributed by atoms with Gasteiger partial charge in [0.1, 0.15) is 5.41 Å². The van der Waals surface area contributed by atoms with Crippen LogP contribution < -0.4 is 0 Å². The summed E-state index contributed by atoms with van der Waals surface area (Å²) in [6.45, 7) is 3.64. The Morgan fingerprint density at radius 1 is 1.20 bits per heavy atom. The lowest BCUT2D eigenvalue weighted by Crippen LogP contribution is -2.37. The van der Waals surface area contributed by atoms with Gasteiger partial charge in [-0.15, -0.1) is 0 Å². The maximum absolute atomic E-state index is 12.8. The molecule has 0 heterocycles. The number of hydroxylamine groups is 1. The first kappa shape index (κ1) is 14.6. The van der Waals surface area contributed by atoms with Gasteiger partial charge < -0.3 is 5.21 Å². The molecule has 0 bridgehead atoms. The van der Waals surface area contributed by atoms with Crippen LogP contribution in [-0.4, -0.2) is 16.5 Å². The molecule has 0 saturated heterocycles. The molecule has 1 saturated carbocycles. The number of rotatable bonds is 3. The van der Waals surface area contributed by atoms with Crippen LogP contribution in [0, 0.1) is 22.0 Å². The minimum atomic E-state index is -0.777. The summed E-state index contributed by atoms with van der Waals surface area (Å²) in [5.41, 5.74) is 0.688. The average Bonchev–Trinajstić information content (AvgIpc) is 2.49. The van der Waals surface area contributed by atoms with Gasteiger partial charge in [-0.05, 0) is 38.8 Å². The molecular weight excluding hydrogens is 248 g/mol.